The molecule has 1 aliphatic heterocycles. The summed E-state index contributed by atoms with van der Waals surface area (Å²) in [6.45, 7) is 2.24. The monoisotopic (exact) mass is 464 g/mol. The largest absolute Gasteiger partial charge is 0.507 e. The van der Waals surface area contributed by atoms with Crippen LogP contribution in [0.1, 0.15) is 24.1 Å². The zero-order valence-corrected chi connectivity index (χ0v) is 18.7. The normalized spacial score (nSPS) is 17.3. The van der Waals surface area contributed by atoms with Crippen LogP contribution >= 0.6 is 11.6 Å². The van der Waals surface area contributed by atoms with Gasteiger partial charge in [0.15, 0.2) is 0 Å². The number of carbonyl (C=O) groups excluding carboxylic acids is 2. The zero-order chi connectivity index (χ0) is 23.5. The maximum absolute atomic E-state index is 13.2. The van der Waals surface area contributed by atoms with Crippen molar-refractivity contribution < 1.29 is 24.2 Å². The molecule has 1 saturated heterocycles. The molecular formula is C25H21ClN2O5. The first kappa shape index (κ1) is 22.4. The Labute approximate surface area is 195 Å². The van der Waals surface area contributed by atoms with Gasteiger partial charge in [0, 0.05) is 29.7 Å². The number of halogens is 1. The van der Waals surface area contributed by atoms with E-state index in [0.717, 1.165) is 0 Å². The molecule has 0 saturated carbocycles. The highest BCUT2D eigenvalue weighted by Gasteiger charge is 2.47. The Hall–Kier alpha value is -3.84. The second-order valence-corrected chi connectivity index (χ2v) is 7.64. The van der Waals surface area contributed by atoms with E-state index in [1.807, 2.05) is 6.92 Å². The van der Waals surface area contributed by atoms with Gasteiger partial charge in [0.05, 0.1) is 30.4 Å². The van der Waals surface area contributed by atoms with E-state index in [4.69, 9.17) is 21.1 Å². The fourth-order valence-corrected chi connectivity index (χ4v) is 4.01. The van der Waals surface area contributed by atoms with Gasteiger partial charge in [0.2, 0.25) is 0 Å². The summed E-state index contributed by atoms with van der Waals surface area (Å²) in [5.74, 6) is -1.01. The number of pyridine rings is 1. The summed E-state index contributed by atoms with van der Waals surface area (Å²) < 4.78 is 10.8. The molecule has 7 nitrogen and oxygen atoms in total. The molecule has 1 N–H and O–H groups in total. The van der Waals surface area contributed by atoms with Gasteiger partial charge in [-0.05, 0) is 48.9 Å². The van der Waals surface area contributed by atoms with Crippen LogP contribution in [-0.2, 0) is 9.59 Å². The van der Waals surface area contributed by atoms with Crippen molar-refractivity contribution >= 4 is 34.7 Å². The zero-order valence-electron chi connectivity index (χ0n) is 18.0. The summed E-state index contributed by atoms with van der Waals surface area (Å²) in [6.07, 6.45) is 3.14. The van der Waals surface area contributed by atoms with Crippen molar-refractivity contribution in [1.82, 2.24) is 4.98 Å². The number of aliphatic hydroxyl groups excluding tert-OH is 1. The Bertz CT molecular complexity index is 1240. The van der Waals surface area contributed by atoms with Crippen LogP contribution < -0.4 is 14.4 Å². The van der Waals surface area contributed by atoms with Crippen molar-refractivity contribution in [2.75, 3.05) is 18.6 Å². The number of Topliss-reactive ketones (excluding diaryl/α,β-unsaturated/α-hetero) is 1. The van der Waals surface area contributed by atoms with Crippen molar-refractivity contribution in [3.63, 3.8) is 0 Å². The van der Waals surface area contributed by atoms with Gasteiger partial charge in [0.1, 0.15) is 17.3 Å². The maximum atomic E-state index is 13.2. The third-order valence-electron chi connectivity index (χ3n) is 5.28. The second kappa shape index (κ2) is 9.34. The van der Waals surface area contributed by atoms with Gasteiger partial charge in [0.25, 0.3) is 11.7 Å². The Balaban J connectivity index is 1.94. The number of methoxy groups -OCH3 is 1. The first-order valence-corrected chi connectivity index (χ1v) is 10.6. The summed E-state index contributed by atoms with van der Waals surface area (Å²) in [5.41, 5.74) is 1.10. The maximum Gasteiger partial charge on any atom is 0.300 e. The third-order valence-corrected chi connectivity index (χ3v) is 5.61. The van der Waals surface area contributed by atoms with E-state index >= 15 is 0 Å². The molecule has 1 fully saturated rings. The molecule has 1 unspecified atom stereocenters. The van der Waals surface area contributed by atoms with Crippen LogP contribution in [0.3, 0.4) is 0 Å². The van der Waals surface area contributed by atoms with E-state index in [-0.39, 0.29) is 21.9 Å². The highest BCUT2D eigenvalue weighted by molar-refractivity contribution is 6.52. The van der Waals surface area contributed by atoms with E-state index < -0.39 is 17.7 Å². The van der Waals surface area contributed by atoms with Crippen LogP contribution in [-0.4, -0.2) is 35.5 Å². The van der Waals surface area contributed by atoms with E-state index in [0.29, 0.717) is 29.4 Å². The van der Waals surface area contributed by atoms with Crippen molar-refractivity contribution in [2.24, 2.45) is 0 Å². The predicted molar refractivity (Wildman–Crippen MR) is 125 cm³/mol. The van der Waals surface area contributed by atoms with Crippen molar-refractivity contribution in [3.05, 3.63) is 88.7 Å². The molecule has 3 aromatic rings. The summed E-state index contributed by atoms with van der Waals surface area (Å²) >= 11 is 6.35. The molecule has 168 valence electrons. The van der Waals surface area contributed by atoms with Gasteiger partial charge >= 0.3 is 0 Å². The first-order valence-electron chi connectivity index (χ1n) is 10.2. The molecule has 1 atom stereocenters. The molecule has 2 heterocycles. The third kappa shape index (κ3) is 4.15. The number of aromatic nitrogens is 1. The lowest BCUT2D eigenvalue weighted by atomic mass is 9.96. The molecular weight excluding hydrogens is 444 g/mol. The lowest BCUT2D eigenvalue weighted by Crippen LogP contribution is -2.29. The number of aliphatic hydroxyl groups is 1. The molecule has 8 heteroatoms. The highest BCUT2D eigenvalue weighted by atomic mass is 35.5. The van der Waals surface area contributed by atoms with Gasteiger partial charge in [-0.3, -0.25) is 19.5 Å². The quantitative estimate of drug-likeness (QED) is 0.321. The second-order valence-electron chi connectivity index (χ2n) is 7.23. The summed E-state index contributed by atoms with van der Waals surface area (Å²) in [5, 5.41) is 11.5. The lowest BCUT2D eigenvalue weighted by Gasteiger charge is -2.25. The Morgan fingerprint density at radius 1 is 1.12 bits per heavy atom. The number of rotatable bonds is 6. The van der Waals surface area contributed by atoms with Crippen molar-refractivity contribution in [2.45, 2.75) is 13.0 Å². The fourth-order valence-electron chi connectivity index (χ4n) is 3.80. The molecule has 1 aliphatic rings. The minimum atomic E-state index is -0.919. The predicted octanol–water partition coefficient (Wildman–Crippen LogP) is 4.77. The van der Waals surface area contributed by atoms with Gasteiger partial charge in [-0.15, -0.1) is 0 Å². The molecule has 0 radical (unpaired) electrons. The van der Waals surface area contributed by atoms with Crippen LogP contribution in [0.4, 0.5) is 5.69 Å². The van der Waals surface area contributed by atoms with Crippen LogP contribution in [0.15, 0.2) is 72.6 Å². The van der Waals surface area contributed by atoms with E-state index in [9.17, 15) is 14.7 Å². The first-order chi connectivity index (χ1) is 16.0. The molecule has 0 spiro atoms. The topological polar surface area (TPSA) is 89.0 Å². The van der Waals surface area contributed by atoms with Gasteiger partial charge in [-0.25, -0.2) is 0 Å². The summed E-state index contributed by atoms with van der Waals surface area (Å²) in [7, 11) is 1.51. The van der Waals surface area contributed by atoms with Gasteiger partial charge in [-0.1, -0.05) is 23.7 Å². The highest BCUT2D eigenvalue weighted by Crippen LogP contribution is 2.43. The smallest absolute Gasteiger partial charge is 0.300 e. The SMILES string of the molecule is CCOc1ccc(Cl)c(/C(O)=C2\C(=O)C(=O)N(c3cccc(OC)c3)C2c2cccnc2)c1. The molecule has 0 bridgehead atoms. The van der Waals surface area contributed by atoms with Crippen LogP contribution in [0.25, 0.3) is 5.76 Å². The Morgan fingerprint density at radius 2 is 1.94 bits per heavy atom. The van der Waals surface area contributed by atoms with Crippen LogP contribution in [0.2, 0.25) is 5.02 Å². The summed E-state index contributed by atoms with van der Waals surface area (Å²) in [4.78, 5) is 31.9. The number of carbonyl (C=O) groups is 2. The minimum absolute atomic E-state index is 0.0913. The number of benzene rings is 2. The average molecular weight is 465 g/mol. The molecule has 0 aliphatic carbocycles. The lowest BCUT2D eigenvalue weighted by molar-refractivity contribution is -0.132. The van der Waals surface area contributed by atoms with Crippen LogP contribution in [0, 0.1) is 0 Å². The molecule has 1 amide bonds. The number of hydrogen-bond donors (Lipinski definition) is 1. The van der Waals surface area contributed by atoms with Crippen molar-refractivity contribution in [3.8, 4) is 11.5 Å². The van der Waals surface area contributed by atoms with Crippen molar-refractivity contribution in [1.29, 1.82) is 0 Å². The van der Waals surface area contributed by atoms with Gasteiger partial charge in [-0.2, -0.15) is 0 Å². The number of ketones is 1. The molecule has 33 heavy (non-hydrogen) atoms. The Kier molecular flexibility index (Phi) is 6.33. The number of anilines is 1. The van der Waals surface area contributed by atoms with E-state index in [1.54, 1.807) is 67.0 Å². The molecule has 1 aromatic heterocycles. The van der Waals surface area contributed by atoms with E-state index in [1.165, 1.54) is 12.0 Å². The number of nitrogens with zero attached hydrogens (tertiary/aromatic N) is 2. The average Bonchev–Trinajstić information content (AvgIpc) is 3.11. The fraction of sp³-hybridized carbons (Fsp3) is 0.160. The van der Waals surface area contributed by atoms with Crippen LogP contribution in [0.5, 0.6) is 11.5 Å². The minimum Gasteiger partial charge on any atom is -0.507 e. The van der Waals surface area contributed by atoms with E-state index in [2.05, 4.69) is 4.98 Å². The number of hydrogen-bond acceptors (Lipinski definition) is 6. The number of ether oxygens (including phenoxy) is 2. The molecule has 2 aromatic carbocycles. The molecule has 4 rings (SSSR count). The van der Waals surface area contributed by atoms with Gasteiger partial charge < -0.3 is 14.6 Å². The summed E-state index contributed by atoms with van der Waals surface area (Å²) in [6, 6.07) is 14.1. The standard InChI is InChI=1S/C25H21ClN2O5/c1-3-33-18-9-10-20(26)19(13-18)23(29)21-22(15-6-5-11-27-14-15)28(25(31)24(21)30)16-7-4-8-17(12-16)32-2/h4-14,22,29H,3H2,1-2H3/b23-21+. The number of amides is 1. The Morgan fingerprint density at radius 3 is 2.64 bits per heavy atom.